The van der Waals surface area contributed by atoms with Crippen LogP contribution in [0.15, 0.2) is 0 Å². The SMILES string of the molecule is CCOC(=O)C1CCCCN1c1nc(C)ns1. The first-order valence-corrected chi connectivity index (χ1v) is 6.73. The van der Waals surface area contributed by atoms with E-state index in [0.717, 1.165) is 36.8 Å². The highest BCUT2D eigenvalue weighted by atomic mass is 32.1. The molecule has 1 aliphatic heterocycles. The van der Waals surface area contributed by atoms with Gasteiger partial charge in [0.15, 0.2) is 0 Å². The molecule has 0 radical (unpaired) electrons. The number of anilines is 1. The fourth-order valence-corrected chi connectivity index (χ4v) is 2.80. The van der Waals surface area contributed by atoms with Crippen molar-refractivity contribution in [3.05, 3.63) is 5.82 Å². The minimum absolute atomic E-state index is 0.139. The lowest BCUT2D eigenvalue weighted by molar-refractivity contribution is -0.145. The van der Waals surface area contributed by atoms with Gasteiger partial charge in [0.05, 0.1) is 6.61 Å². The standard InChI is InChI=1S/C11H17N3O2S/c1-3-16-10(15)9-6-4-5-7-14(9)11-12-8(2)13-17-11/h9H,3-7H2,1-2H3. The molecule has 0 amide bonds. The van der Waals surface area contributed by atoms with Gasteiger partial charge >= 0.3 is 5.97 Å². The van der Waals surface area contributed by atoms with Crippen LogP contribution in [0.3, 0.4) is 0 Å². The molecule has 1 atom stereocenters. The smallest absolute Gasteiger partial charge is 0.328 e. The summed E-state index contributed by atoms with van der Waals surface area (Å²) in [6.07, 6.45) is 3.00. The van der Waals surface area contributed by atoms with Crippen molar-refractivity contribution in [3.8, 4) is 0 Å². The molecule has 1 aromatic rings. The molecule has 2 heterocycles. The van der Waals surface area contributed by atoms with Gasteiger partial charge in [0.2, 0.25) is 5.13 Å². The van der Waals surface area contributed by atoms with Crippen LogP contribution < -0.4 is 4.90 Å². The third kappa shape index (κ3) is 2.74. The summed E-state index contributed by atoms with van der Waals surface area (Å²) in [4.78, 5) is 18.3. The van der Waals surface area contributed by atoms with Crippen LogP contribution in [-0.2, 0) is 9.53 Å². The van der Waals surface area contributed by atoms with Gasteiger partial charge in [-0.1, -0.05) is 0 Å². The summed E-state index contributed by atoms with van der Waals surface area (Å²) in [5.74, 6) is 0.623. The van der Waals surface area contributed by atoms with E-state index in [4.69, 9.17) is 4.74 Å². The molecule has 1 saturated heterocycles. The zero-order valence-corrected chi connectivity index (χ0v) is 11.0. The summed E-state index contributed by atoms with van der Waals surface area (Å²) in [5.41, 5.74) is 0. The molecule has 0 bridgehead atoms. The van der Waals surface area contributed by atoms with Crippen LogP contribution in [0, 0.1) is 6.92 Å². The highest BCUT2D eigenvalue weighted by Crippen LogP contribution is 2.26. The number of aromatic nitrogens is 2. The molecule has 2 rings (SSSR count). The van der Waals surface area contributed by atoms with Crippen molar-refractivity contribution in [1.82, 2.24) is 9.36 Å². The van der Waals surface area contributed by atoms with Crippen molar-refractivity contribution in [1.29, 1.82) is 0 Å². The normalized spacial score (nSPS) is 20.4. The molecular formula is C11H17N3O2S. The average molecular weight is 255 g/mol. The highest BCUT2D eigenvalue weighted by Gasteiger charge is 2.31. The first kappa shape index (κ1) is 12.3. The van der Waals surface area contributed by atoms with E-state index in [1.807, 2.05) is 18.7 Å². The van der Waals surface area contributed by atoms with Gasteiger partial charge in [0.1, 0.15) is 11.9 Å². The van der Waals surface area contributed by atoms with Gasteiger partial charge < -0.3 is 9.64 Å². The first-order valence-electron chi connectivity index (χ1n) is 5.96. The van der Waals surface area contributed by atoms with E-state index in [1.165, 1.54) is 11.5 Å². The molecular weight excluding hydrogens is 238 g/mol. The van der Waals surface area contributed by atoms with E-state index in [1.54, 1.807) is 0 Å². The lowest BCUT2D eigenvalue weighted by Gasteiger charge is -2.33. The molecule has 17 heavy (non-hydrogen) atoms. The summed E-state index contributed by atoms with van der Waals surface area (Å²) in [7, 11) is 0. The number of rotatable bonds is 3. The predicted octanol–water partition coefficient (Wildman–Crippen LogP) is 1.77. The van der Waals surface area contributed by atoms with Crippen LogP contribution in [0.2, 0.25) is 0 Å². The Bertz CT molecular complexity index is 394. The summed E-state index contributed by atoms with van der Waals surface area (Å²) in [6, 6.07) is -0.184. The van der Waals surface area contributed by atoms with Gasteiger partial charge in [-0.15, -0.1) is 0 Å². The van der Waals surface area contributed by atoms with Gasteiger partial charge in [0.25, 0.3) is 0 Å². The summed E-state index contributed by atoms with van der Waals surface area (Å²) in [5, 5.41) is 0.834. The monoisotopic (exact) mass is 255 g/mol. The topological polar surface area (TPSA) is 55.3 Å². The van der Waals surface area contributed by atoms with E-state index in [9.17, 15) is 4.79 Å². The maximum Gasteiger partial charge on any atom is 0.328 e. The minimum atomic E-state index is -0.184. The predicted molar refractivity (Wildman–Crippen MR) is 66.3 cm³/mol. The maximum atomic E-state index is 11.9. The zero-order valence-electron chi connectivity index (χ0n) is 10.2. The van der Waals surface area contributed by atoms with Crippen LogP contribution in [-0.4, -0.2) is 34.5 Å². The highest BCUT2D eigenvalue weighted by molar-refractivity contribution is 7.09. The number of nitrogens with zero attached hydrogens (tertiary/aromatic N) is 3. The Morgan fingerprint density at radius 1 is 1.59 bits per heavy atom. The Hall–Kier alpha value is -1.17. The van der Waals surface area contributed by atoms with Crippen LogP contribution in [0.1, 0.15) is 32.0 Å². The third-order valence-electron chi connectivity index (χ3n) is 2.82. The van der Waals surface area contributed by atoms with Crippen LogP contribution >= 0.6 is 11.5 Å². The molecule has 0 N–H and O–H groups in total. The van der Waals surface area contributed by atoms with Crippen molar-refractivity contribution in [2.75, 3.05) is 18.1 Å². The number of hydrogen-bond donors (Lipinski definition) is 0. The molecule has 0 aliphatic carbocycles. The summed E-state index contributed by atoms with van der Waals surface area (Å²) >= 11 is 1.35. The summed E-state index contributed by atoms with van der Waals surface area (Å²) in [6.45, 7) is 4.99. The molecule has 94 valence electrons. The number of ether oxygens (including phenoxy) is 1. The van der Waals surface area contributed by atoms with Crippen LogP contribution in [0.4, 0.5) is 5.13 Å². The molecule has 1 fully saturated rings. The number of hydrogen-bond acceptors (Lipinski definition) is 6. The van der Waals surface area contributed by atoms with E-state index in [-0.39, 0.29) is 12.0 Å². The van der Waals surface area contributed by atoms with E-state index in [2.05, 4.69) is 9.36 Å². The van der Waals surface area contributed by atoms with Gasteiger partial charge in [-0.05, 0) is 33.1 Å². The molecule has 1 aromatic heterocycles. The first-order chi connectivity index (χ1) is 8.22. The van der Waals surface area contributed by atoms with Crippen molar-refractivity contribution in [3.63, 3.8) is 0 Å². The van der Waals surface area contributed by atoms with Gasteiger partial charge in [-0.2, -0.15) is 4.37 Å². The van der Waals surface area contributed by atoms with Crippen molar-refractivity contribution < 1.29 is 9.53 Å². The van der Waals surface area contributed by atoms with Gasteiger partial charge in [0, 0.05) is 18.1 Å². The number of carbonyl (C=O) groups excluding carboxylic acids is 1. The molecule has 0 spiro atoms. The average Bonchev–Trinajstić information content (AvgIpc) is 2.76. The van der Waals surface area contributed by atoms with Crippen LogP contribution in [0.5, 0.6) is 0 Å². The number of carbonyl (C=O) groups is 1. The quantitative estimate of drug-likeness (QED) is 0.770. The second kappa shape index (κ2) is 5.44. The molecule has 0 saturated carbocycles. The zero-order chi connectivity index (χ0) is 12.3. The largest absolute Gasteiger partial charge is 0.464 e. The molecule has 1 aliphatic rings. The number of aryl methyl sites for hydroxylation is 1. The van der Waals surface area contributed by atoms with Crippen molar-refractivity contribution >= 4 is 22.6 Å². The van der Waals surface area contributed by atoms with Crippen molar-refractivity contribution in [2.24, 2.45) is 0 Å². The fraction of sp³-hybridized carbons (Fsp3) is 0.727. The molecule has 1 unspecified atom stereocenters. The Morgan fingerprint density at radius 2 is 2.41 bits per heavy atom. The Morgan fingerprint density at radius 3 is 3.06 bits per heavy atom. The molecule has 5 nitrogen and oxygen atoms in total. The maximum absolute atomic E-state index is 11.9. The summed E-state index contributed by atoms with van der Waals surface area (Å²) < 4.78 is 9.28. The van der Waals surface area contributed by atoms with Crippen molar-refractivity contribution in [2.45, 2.75) is 39.2 Å². The number of piperidine rings is 1. The minimum Gasteiger partial charge on any atom is -0.464 e. The van der Waals surface area contributed by atoms with Crippen LogP contribution in [0.25, 0.3) is 0 Å². The number of esters is 1. The van der Waals surface area contributed by atoms with Gasteiger partial charge in [-0.25, -0.2) is 9.78 Å². The van der Waals surface area contributed by atoms with E-state index in [0.29, 0.717) is 6.61 Å². The van der Waals surface area contributed by atoms with E-state index < -0.39 is 0 Å². The second-order valence-electron chi connectivity index (χ2n) is 4.08. The Labute approximate surface area is 105 Å². The third-order valence-corrected chi connectivity index (χ3v) is 3.67. The fourth-order valence-electron chi connectivity index (χ4n) is 2.05. The molecule has 6 heteroatoms. The molecule has 0 aromatic carbocycles. The Kier molecular flexibility index (Phi) is 3.93. The van der Waals surface area contributed by atoms with Gasteiger partial charge in [-0.3, -0.25) is 0 Å². The van der Waals surface area contributed by atoms with E-state index >= 15 is 0 Å². The second-order valence-corrected chi connectivity index (χ2v) is 4.81. The lowest BCUT2D eigenvalue weighted by atomic mass is 10.0. The Balaban J connectivity index is 2.14. The lowest BCUT2D eigenvalue weighted by Crippen LogP contribution is -2.45.